The molecule has 100 valence electrons. The van der Waals surface area contributed by atoms with E-state index >= 15 is 0 Å². The molecule has 2 N–H and O–H groups in total. The van der Waals surface area contributed by atoms with E-state index in [1.807, 2.05) is 24.3 Å². The molecule has 0 aliphatic heterocycles. The van der Waals surface area contributed by atoms with Gasteiger partial charge in [0.2, 0.25) is 5.82 Å². The molecule has 5 heteroatoms. The van der Waals surface area contributed by atoms with Crippen molar-refractivity contribution in [2.75, 3.05) is 5.73 Å². The third-order valence-electron chi connectivity index (χ3n) is 3.07. The number of nitrogens with zero attached hydrogens (tertiary/aromatic N) is 3. The van der Waals surface area contributed by atoms with Crippen molar-refractivity contribution < 1.29 is 4.52 Å². The molecule has 3 rings (SSSR count). The van der Waals surface area contributed by atoms with Crippen molar-refractivity contribution in [1.82, 2.24) is 15.1 Å². The number of aromatic nitrogens is 3. The van der Waals surface area contributed by atoms with Crippen LogP contribution in [0.2, 0.25) is 0 Å². The molecule has 2 aromatic heterocycles. The summed E-state index contributed by atoms with van der Waals surface area (Å²) in [6.45, 7) is 2.07. The number of hydrogen-bond acceptors (Lipinski definition) is 5. The van der Waals surface area contributed by atoms with Gasteiger partial charge < -0.3 is 10.3 Å². The Morgan fingerprint density at radius 2 is 1.95 bits per heavy atom. The Labute approximate surface area is 116 Å². The second-order valence-corrected chi connectivity index (χ2v) is 4.41. The monoisotopic (exact) mass is 266 g/mol. The minimum atomic E-state index is 0.465. The number of pyridine rings is 1. The van der Waals surface area contributed by atoms with Gasteiger partial charge in [0.25, 0.3) is 5.89 Å². The molecule has 0 saturated carbocycles. The lowest BCUT2D eigenvalue weighted by atomic mass is 10.1. The van der Waals surface area contributed by atoms with Crippen LogP contribution in [0.5, 0.6) is 0 Å². The molecule has 0 atom stereocenters. The van der Waals surface area contributed by atoms with Crippen LogP contribution >= 0.6 is 0 Å². The first kappa shape index (κ1) is 12.3. The summed E-state index contributed by atoms with van der Waals surface area (Å²) in [5, 5.41) is 4.01. The van der Waals surface area contributed by atoms with Gasteiger partial charge in [-0.1, -0.05) is 18.1 Å². The van der Waals surface area contributed by atoms with Crippen molar-refractivity contribution in [3.05, 3.63) is 48.2 Å². The summed E-state index contributed by atoms with van der Waals surface area (Å²) >= 11 is 0. The van der Waals surface area contributed by atoms with Crippen LogP contribution in [0.4, 0.5) is 5.69 Å². The van der Waals surface area contributed by atoms with Crippen LogP contribution in [-0.2, 0) is 6.42 Å². The quantitative estimate of drug-likeness (QED) is 0.737. The summed E-state index contributed by atoms with van der Waals surface area (Å²) in [6, 6.07) is 11.2. The van der Waals surface area contributed by atoms with E-state index in [-0.39, 0.29) is 0 Å². The summed E-state index contributed by atoms with van der Waals surface area (Å²) in [5.74, 6) is 0.974. The number of hydrogen-bond donors (Lipinski definition) is 1. The van der Waals surface area contributed by atoms with E-state index in [1.54, 1.807) is 18.3 Å². The molecule has 0 aliphatic rings. The van der Waals surface area contributed by atoms with Gasteiger partial charge in [-0.05, 0) is 42.3 Å². The van der Waals surface area contributed by atoms with Gasteiger partial charge in [-0.15, -0.1) is 0 Å². The van der Waals surface area contributed by atoms with Crippen molar-refractivity contribution in [3.63, 3.8) is 0 Å². The maximum Gasteiger partial charge on any atom is 0.258 e. The van der Waals surface area contributed by atoms with E-state index < -0.39 is 0 Å². The fourth-order valence-electron chi connectivity index (χ4n) is 1.99. The molecule has 0 radical (unpaired) electrons. The molecule has 1 aromatic carbocycles. The van der Waals surface area contributed by atoms with E-state index in [0.717, 1.165) is 23.2 Å². The van der Waals surface area contributed by atoms with Crippen molar-refractivity contribution in [1.29, 1.82) is 0 Å². The Morgan fingerprint density at radius 1 is 1.15 bits per heavy atom. The Morgan fingerprint density at radius 3 is 2.70 bits per heavy atom. The molecule has 0 spiro atoms. The van der Waals surface area contributed by atoms with Gasteiger partial charge in [-0.25, -0.2) is 0 Å². The van der Waals surface area contributed by atoms with Crippen LogP contribution in [0.25, 0.3) is 23.0 Å². The molecule has 0 aliphatic carbocycles. The lowest BCUT2D eigenvalue weighted by Gasteiger charge is -2.00. The first-order valence-electron chi connectivity index (χ1n) is 6.42. The van der Waals surface area contributed by atoms with E-state index in [0.29, 0.717) is 17.4 Å². The van der Waals surface area contributed by atoms with Gasteiger partial charge in [0, 0.05) is 17.4 Å². The Balaban J connectivity index is 2.00. The third kappa shape index (κ3) is 2.25. The zero-order valence-corrected chi connectivity index (χ0v) is 11.1. The number of nitrogens with two attached hydrogens (primary N) is 1. The lowest BCUT2D eigenvalue weighted by molar-refractivity contribution is 0.432. The Bertz CT molecular complexity index is 719. The fourth-order valence-corrected chi connectivity index (χ4v) is 1.99. The summed E-state index contributed by atoms with van der Waals surface area (Å²) in [7, 11) is 0. The maximum absolute atomic E-state index is 5.66. The van der Waals surface area contributed by atoms with Crippen LogP contribution in [0.3, 0.4) is 0 Å². The summed E-state index contributed by atoms with van der Waals surface area (Å²) in [5.41, 5.74) is 9.06. The standard InChI is InChI=1S/C15H14N4O/c1-2-10-4-3-9-17-13(10)14-18-15(20-19-14)11-5-7-12(16)8-6-11/h3-9H,2,16H2,1H3. The zero-order valence-electron chi connectivity index (χ0n) is 11.1. The van der Waals surface area contributed by atoms with Gasteiger partial charge >= 0.3 is 0 Å². The van der Waals surface area contributed by atoms with E-state index in [1.165, 1.54) is 0 Å². The predicted octanol–water partition coefficient (Wildman–Crippen LogP) is 2.94. The number of rotatable bonds is 3. The van der Waals surface area contributed by atoms with Gasteiger partial charge in [0.05, 0.1) is 0 Å². The Kier molecular flexibility index (Phi) is 3.16. The zero-order chi connectivity index (χ0) is 13.9. The molecule has 0 saturated heterocycles. The maximum atomic E-state index is 5.66. The van der Waals surface area contributed by atoms with Crippen LogP contribution in [-0.4, -0.2) is 15.1 Å². The highest BCUT2D eigenvalue weighted by Crippen LogP contribution is 2.23. The number of benzene rings is 1. The van der Waals surface area contributed by atoms with E-state index in [9.17, 15) is 0 Å². The molecule has 3 aromatic rings. The fraction of sp³-hybridized carbons (Fsp3) is 0.133. The van der Waals surface area contributed by atoms with Crippen LogP contribution in [0.1, 0.15) is 12.5 Å². The molecule has 5 nitrogen and oxygen atoms in total. The largest absolute Gasteiger partial charge is 0.399 e. The summed E-state index contributed by atoms with van der Waals surface area (Å²) in [4.78, 5) is 8.74. The average molecular weight is 266 g/mol. The van der Waals surface area contributed by atoms with Crippen molar-refractivity contribution in [2.45, 2.75) is 13.3 Å². The molecule has 0 amide bonds. The van der Waals surface area contributed by atoms with Crippen LogP contribution in [0, 0.1) is 0 Å². The van der Waals surface area contributed by atoms with Crippen molar-refractivity contribution in [3.8, 4) is 23.0 Å². The van der Waals surface area contributed by atoms with Gasteiger partial charge in [0.1, 0.15) is 5.69 Å². The summed E-state index contributed by atoms with van der Waals surface area (Å²) < 4.78 is 5.30. The molecular weight excluding hydrogens is 252 g/mol. The molecule has 0 unspecified atom stereocenters. The number of aryl methyl sites for hydroxylation is 1. The average Bonchev–Trinajstić information content (AvgIpc) is 2.97. The normalized spacial score (nSPS) is 10.7. The van der Waals surface area contributed by atoms with Gasteiger partial charge in [0.15, 0.2) is 0 Å². The number of nitrogen functional groups attached to an aromatic ring is 1. The minimum Gasteiger partial charge on any atom is -0.399 e. The Hall–Kier alpha value is -2.69. The molecule has 20 heavy (non-hydrogen) atoms. The lowest BCUT2D eigenvalue weighted by Crippen LogP contribution is -1.92. The number of anilines is 1. The summed E-state index contributed by atoms with van der Waals surface area (Å²) in [6.07, 6.45) is 2.60. The van der Waals surface area contributed by atoms with Gasteiger partial charge in [-0.3, -0.25) is 4.98 Å². The highest BCUT2D eigenvalue weighted by atomic mass is 16.5. The topological polar surface area (TPSA) is 77.8 Å². The molecule has 2 heterocycles. The smallest absolute Gasteiger partial charge is 0.258 e. The molecule has 0 fully saturated rings. The first-order valence-corrected chi connectivity index (χ1v) is 6.42. The molecule has 0 bridgehead atoms. The second-order valence-electron chi connectivity index (χ2n) is 4.41. The van der Waals surface area contributed by atoms with E-state index in [2.05, 4.69) is 22.0 Å². The van der Waals surface area contributed by atoms with Crippen LogP contribution in [0.15, 0.2) is 47.1 Å². The van der Waals surface area contributed by atoms with Gasteiger partial charge in [-0.2, -0.15) is 4.98 Å². The van der Waals surface area contributed by atoms with Crippen LogP contribution < -0.4 is 5.73 Å². The SMILES string of the molecule is CCc1cccnc1-c1noc(-c2ccc(N)cc2)n1. The highest BCUT2D eigenvalue weighted by Gasteiger charge is 2.13. The predicted molar refractivity (Wildman–Crippen MR) is 76.8 cm³/mol. The first-order chi connectivity index (χ1) is 9.78. The van der Waals surface area contributed by atoms with Crippen molar-refractivity contribution in [2.24, 2.45) is 0 Å². The second kappa shape index (κ2) is 5.13. The highest BCUT2D eigenvalue weighted by molar-refractivity contribution is 5.61. The van der Waals surface area contributed by atoms with E-state index in [4.69, 9.17) is 10.3 Å². The van der Waals surface area contributed by atoms with Crippen molar-refractivity contribution >= 4 is 5.69 Å². The minimum absolute atomic E-state index is 0.465. The third-order valence-corrected chi connectivity index (χ3v) is 3.07. The molecular formula is C15H14N4O.